The Morgan fingerprint density at radius 2 is 2.18 bits per heavy atom. The first kappa shape index (κ1) is 12.5. The zero-order valence-electron chi connectivity index (χ0n) is 9.61. The lowest BCUT2D eigenvalue weighted by molar-refractivity contribution is 0.675. The van der Waals surface area contributed by atoms with Gasteiger partial charge in [-0.1, -0.05) is 17.7 Å². The molecule has 0 aliphatic carbocycles. The number of benzene rings is 1. The van der Waals surface area contributed by atoms with E-state index in [1.54, 1.807) is 6.20 Å². The van der Waals surface area contributed by atoms with Crippen molar-refractivity contribution in [2.24, 2.45) is 7.05 Å². The molecule has 0 amide bonds. The molecule has 2 aromatic rings. The molecule has 0 radical (unpaired) electrons. The molecule has 1 unspecified atom stereocenters. The van der Waals surface area contributed by atoms with Gasteiger partial charge in [0.05, 0.1) is 26.9 Å². The van der Waals surface area contributed by atoms with E-state index in [4.69, 9.17) is 11.6 Å². The van der Waals surface area contributed by atoms with Crippen LogP contribution in [0.4, 0.5) is 5.69 Å². The van der Waals surface area contributed by atoms with Gasteiger partial charge >= 0.3 is 0 Å². The Morgan fingerprint density at radius 3 is 2.82 bits per heavy atom. The molecule has 0 bridgehead atoms. The maximum Gasteiger partial charge on any atom is 0.0654 e. The number of nitrogens with one attached hydrogen (secondary N) is 1. The third-order valence-corrected chi connectivity index (χ3v) is 4.02. The van der Waals surface area contributed by atoms with Gasteiger partial charge in [0.15, 0.2) is 0 Å². The Labute approximate surface area is 114 Å². The second kappa shape index (κ2) is 5.10. The van der Waals surface area contributed by atoms with Gasteiger partial charge in [-0.15, -0.1) is 0 Å². The monoisotopic (exact) mass is 313 g/mol. The van der Waals surface area contributed by atoms with Crippen LogP contribution in [0.15, 0.2) is 34.9 Å². The van der Waals surface area contributed by atoms with Crippen LogP contribution in [0.1, 0.15) is 18.7 Å². The van der Waals surface area contributed by atoms with Crippen molar-refractivity contribution in [2.75, 3.05) is 5.32 Å². The van der Waals surface area contributed by atoms with Crippen LogP contribution < -0.4 is 5.32 Å². The molecular formula is C12H13BrClN3. The minimum absolute atomic E-state index is 0.164. The van der Waals surface area contributed by atoms with Gasteiger partial charge < -0.3 is 5.32 Å². The molecule has 17 heavy (non-hydrogen) atoms. The van der Waals surface area contributed by atoms with E-state index in [1.165, 1.54) is 0 Å². The first-order valence-corrected chi connectivity index (χ1v) is 6.45. The zero-order valence-corrected chi connectivity index (χ0v) is 12.0. The number of aromatic nitrogens is 2. The summed E-state index contributed by atoms with van der Waals surface area (Å²) in [5, 5.41) is 8.26. The smallest absolute Gasteiger partial charge is 0.0654 e. The first-order valence-electron chi connectivity index (χ1n) is 5.28. The molecule has 0 aliphatic heterocycles. The van der Waals surface area contributed by atoms with E-state index >= 15 is 0 Å². The summed E-state index contributed by atoms with van der Waals surface area (Å²) >= 11 is 9.52. The standard InChI is InChI=1S/C12H13BrClN3/c1-8(11-6-7-15-17(11)2)16-10-5-3-4-9(14)12(10)13/h3-8,16H,1-2H3. The Bertz CT molecular complexity index is 524. The fourth-order valence-electron chi connectivity index (χ4n) is 1.73. The molecule has 2 rings (SSSR count). The molecule has 1 heterocycles. The SMILES string of the molecule is CC(Nc1cccc(Cl)c1Br)c1ccnn1C. The van der Waals surface area contributed by atoms with Gasteiger partial charge in [0.2, 0.25) is 0 Å². The molecule has 90 valence electrons. The maximum absolute atomic E-state index is 6.05. The first-order chi connectivity index (χ1) is 8.09. The highest BCUT2D eigenvalue weighted by Crippen LogP contribution is 2.32. The molecule has 0 fully saturated rings. The van der Waals surface area contributed by atoms with Crippen LogP contribution in [-0.2, 0) is 7.05 Å². The number of aryl methyl sites for hydroxylation is 1. The fraction of sp³-hybridized carbons (Fsp3) is 0.250. The zero-order chi connectivity index (χ0) is 12.4. The number of anilines is 1. The van der Waals surface area contributed by atoms with Gasteiger partial charge in [-0.3, -0.25) is 4.68 Å². The number of hydrogen-bond acceptors (Lipinski definition) is 2. The van der Waals surface area contributed by atoms with Crippen LogP contribution in [0.25, 0.3) is 0 Å². The van der Waals surface area contributed by atoms with Crippen LogP contribution in [0.2, 0.25) is 5.02 Å². The minimum Gasteiger partial charge on any atom is -0.376 e. The molecule has 1 aromatic heterocycles. The van der Waals surface area contributed by atoms with E-state index in [2.05, 4.69) is 33.3 Å². The maximum atomic E-state index is 6.05. The quantitative estimate of drug-likeness (QED) is 0.927. The van der Waals surface area contributed by atoms with Crippen molar-refractivity contribution in [3.05, 3.63) is 45.7 Å². The van der Waals surface area contributed by atoms with Gasteiger partial charge in [-0.2, -0.15) is 5.10 Å². The Balaban J connectivity index is 2.22. The highest BCUT2D eigenvalue weighted by Gasteiger charge is 2.11. The summed E-state index contributed by atoms with van der Waals surface area (Å²) in [6, 6.07) is 7.92. The van der Waals surface area contributed by atoms with E-state index in [9.17, 15) is 0 Å². The Hall–Kier alpha value is -1.00. The highest BCUT2D eigenvalue weighted by molar-refractivity contribution is 9.10. The van der Waals surface area contributed by atoms with Gasteiger partial charge in [0.1, 0.15) is 0 Å². The summed E-state index contributed by atoms with van der Waals surface area (Å²) < 4.78 is 2.74. The van der Waals surface area contributed by atoms with Crippen molar-refractivity contribution in [1.29, 1.82) is 0 Å². The highest BCUT2D eigenvalue weighted by atomic mass is 79.9. The van der Waals surface area contributed by atoms with Crippen LogP contribution in [-0.4, -0.2) is 9.78 Å². The van der Waals surface area contributed by atoms with Crippen molar-refractivity contribution in [3.8, 4) is 0 Å². The summed E-state index contributed by atoms with van der Waals surface area (Å²) in [4.78, 5) is 0. The largest absolute Gasteiger partial charge is 0.376 e. The minimum atomic E-state index is 0.164. The topological polar surface area (TPSA) is 29.9 Å². The summed E-state index contributed by atoms with van der Waals surface area (Å²) in [5.41, 5.74) is 2.10. The van der Waals surface area contributed by atoms with E-state index in [0.717, 1.165) is 15.9 Å². The summed E-state index contributed by atoms with van der Waals surface area (Å²) in [7, 11) is 1.93. The van der Waals surface area contributed by atoms with E-state index in [1.807, 2.05) is 36.0 Å². The second-order valence-electron chi connectivity index (χ2n) is 3.85. The summed E-state index contributed by atoms with van der Waals surface area (Å²) in [6.45, 7) is 2.09. The van der Waals surface area contributed by atoms with E-state index in [0.29, 0.717) is 5.02 Å². The number of halogens is 2. The third-order valence-electron chi connectivity index (χ3n) is 2.63. The molecule has 1 atom stereocenters. The van der Waals surface area contributed by atoms with Crippen molar-refractivity contribution >= 4 is 33.2 Å². The van der Waals surface area contributed by atoms with Gasteiger partial charge in [-0.25, -0.2) is 0 Å². The lowest BCUT2D eigenvalue weighted by Crippen LogP contribution is -2.11. The lowest BCUT2D eigenvalue weighted by atomic mass is 10.2. The molecule has 5 heteroatoms. The van der Waals surface area contributed by atoms with Gasteiger partial charge in [0, 0.05) is 13.2 Å². The summed E-state index contributed by atoms with van der Waals surface area (Å²) in [5.74, 6) is 0. The third kappa shape index (κ3) is 2.64. The second-order valence-corrected chi connectivity index (χ2v) is 5.05. The Morgan fingerprint density at radius 1 is 1.41 bits per heavy atom. The molecule has 0 saturated carbocycles. The van der Waals surface area contributed by atoms with Crippen molar-refractivity contribution in [1.82, 2.24) is 9.78 Å². The van der Waals surface area contributed by atoms with E-state index in [-0.39, 0.29) is 6.04 Å². The van der Waals surface area contributed by atoms with Crippen molar-refractivity contribution < 1.29 is 0 Å². The summed E-state index contributed by atoms with van der Waals surface area (Å²) in [6.07, 6.45) is 1.79. The van der Waals surface area contributed by atoms with Crippen molar-refractivity contribution in [3.63, 3.8) is 0 Å². The lowest BCUT2D eigenvalue weighted by Gasteiger charge is -2.17. The fourth-order valence-corrected chi connectivity index (χ4v) is 2.28. The molecule has 0 saturated heterocycles. The van der Waals surface area contributed by atoms with Crippen LogP contribution in [0.5, 0.6) is 0 Å². The van der Waals surface area contributed by atoms with E-state index < -0.39 is 0 Å². The normalized spacial score (nSPS) is 12.5. The van der Waals surface area contributed by atoms with Crippen molar-refractivity contribution in [2.45, 2.75) is 13.0 Å². The predicted octanol–water partition coefficient (Wildman–Crippen LogP) is 4.01. The van der Waals surface area contributed by atoms with Crippen LogP contribution in [0.3, 0.4) is 0 Å². The average Bonchev–Trinajstić information content (AvgIpc) is 2.71. The molecule has 3 nitrogen and oxygen atoms in total. The number of nitrogens with zero attached hydrogens (tertiary/aromatic N) is 2. The predicted molar refractivity (Wildman–Crippen MR) is 74.4 cm³/mol. The average molecular weight is 315 g/mol. The molecule has 1 aromatic carbocycles. The molecule has 1 N–H and O–H groups in total. The molecular weight excluding hydrogens is 302 g/mol. The van der Waals surface area contributed by atoms with Gasteiger partial charge in [-0.05, 0) is 41.1 Å². The van der Waals surface area contributed by atoms with Crippen LogP contribution >= 0.6 is 27.5 Å². The molecule has 0 aliphatic rings. The number of rotatable bonds is 3. The van der Waals surface area contributed by atoms with Crippen LogP contribution in [0, 0.1) is 0 Å². The Kier molecular flexibility index (Phi) is 3.74. The van der Waals surface area contributed by atoms with Gasteiger partial charge in [0.25, 0.3) is 0 Å². The molecule has 0 spiro atoms. The number of hydrogen-bond donors (Lipinski definition) is 1.